The van der Waals surface area contributed by atoms with Crippen molar-refractivity contribution in [1.29, 1.82) is 0 Å². The van der Waals surface area contributed by atoms with Gasteiger partial charge in [0.05, 0.1) is 5.69 Å². The van der Waals surface area contributed by atoms with Crippen molar-refractivity contribution >= 4 is 29.5 Å². The molecule has 0 N–H and O–H groups in total. The van der Waals surface area contributed by atoms with Crippen LogP contribution >= 0.6 is 0 Å². The Morgan fingerprint density at radius 3 is 2.02 bits per heavy atom. The molecule has 1 aliphatic heterocycles. The van der Waals surface area contributed by atoms with Crippen LogP contribution in [0, 0.1) is 15.9 Å². The van der Waals surface area contributed by atoms with Crippen molar-refractivity contribution in [2.45, 2.75) is 32.9 Å². The van der Waals surface area contributed by atoms with Gasteiger partial charge in [-0.2, -0.15) is 5.10 Å². The molecule has 65 heavy (non-hydrogen) atoms. The Labute approximate surface area is 408 Å². The number of nitrogens with zero attached hydrogens (tertiary/aromatic N) is 6. The van der Waals surface area contributed by atoms with Crippen molar-refractivity contribution in [3.8, 4) is 67.6 Å². The third-order valence-corrected chi connectivity index (χ3v) is 12.3. The molecule has 0 radical (unpaired) electrons. The maximum atomic E-state index is 9.10. The molecule has 7 aromatic carbocycles. The van der Waals surface area contributed by atoms with E-state index in [0.29, 0.717) is 49.0 Å². The fourth-order valence-electron chi connectivity index (χ4n) is 8.20. The number of anilines is 2. The summed E-state index contributed by atoms with van der Waals surface area (Å²) in [4.78, 5) is 6.40. The predicted molar refractivity (Wildman–Crippen MR) is 260 cm³/mol. The topological polar surface area (TPSA) is 53.0 Å². The van der Waals surface area contributed by atoms with Crippen molar-refractivity contribution in [3.05, 3.63) is 209 Å². The van der Waals surface area contributed by atoms with Gasteiger partial charge >= 0.3 is 315 Å². The molecule has 10 aromatic rings. The summed E-state index contributed by atoms with van der Waals surface area (Å²) >= 11 is 2.11. The quantitative estimate of drug-likeness (QED) is 0.112. The van der Waals surface area contributed by atoms with Crippen LogP contribution in [0.1, 0.15) is 44.2 Å². The van der Waals surface area contributed by atoms with Crippen LogP contribution < -0.4 is 9.55 Å². The Morgan fingerprint density at radius 2 is 1.32 bits per heavy atom. The van der Waals surface area contributed by atoms with Gasteiger partial charge in [0.2, 0.25) is 0 Å². The molecule has 0 saturated heterocycles. The second kappa shape index (κ2) is 16.4. The van der Waals surface area contributed by atoms with Gasteiger partial charge in [-0.25, -0.2) is 0 Å². The molecule has 11 rings (SSSR count). The van der Waals surface area contributed by atoms with Crippen LogP contribution in [0.25, 0.3) is 67.2 Å². The van der Waals surface area contributed by atoms with Crippen molar-refractivity contribution in [3.63, 3.8) is 0 Å². The number of para-hydroxylation sites is 3. The van der Waals surface area contributed by atoms with E-state index < -0.39 is 74.2 Å². The molecule has 0 fully saturated rings. The van der Waals surface area contributed by atoms with E-state index in [0.717, 1.165) is 11.1 Å². The summed E-state index contributed by atoms with van der Waals surface area (Å²) in [5, 5.41) is 4.92. The summed E-state index contributed by atoms with van der Waals surface area (Å²) in [6, 6.07) is 37.5. The van der Waals surface area contributed by atoms with E-state index in [-0.39, 0.29) is 44.9 Å². The molecule has 318 valence electrons. The number of pyridine rings is 1. The summed E-state index contributed by atoms with van der Waals surface area (Å²) in [5.41, 5.74) is 5.42. The van der Waals surface area contributed by atoms with Gasteiger partial charge in [-0.15, -0.1) is 0 Å². The van der Waals surface area contributed by atoms with E-state index in [1.54, 1.807) is 62.6 Å². The fourth-order valence-corrected chi connectivity index (χ4v) is 9.27. The SMILES string of the molecule is [2H]c1c([2H])c([2H])c(-c2cccc(-c3c([2H])c([2H])c([2H])c([2H])c3[2H])c2-n2[c](=[Pt])n(-c3[c-]c(Oc4[c-]c5c(cc4)-c4cc(-c6ccccc6)nn4B(C([2H])([2H])[2H])N5c4cc(C(C)(C)C)ccn4)ccc3)c3ccccc32)c([2H])c1[2H]. The molecule has 0 amide bonds. The van der Waals surface area contributed by atoms with Gasteiger partial charge < -0.3 is 0 Å². The maximum absolute atomic E-state index is 9.10. The summed E-state index contributed by atoms with van der Waals surface area (Å²) in [6.07, 6.45) is 1.67. The Morgan fingerprint density at radius 1 is 0.662 bits per heavy atom. The number of hydrogen-bond donors (Lipinski definition) is 0. The second-order valence-electron chi connectivity index (χ2n) is 16.3. The Balaban J connectivity index is 1.09. The molecule has 9 heteroatoms. The number of benzene rings is 7. The molecule has 0 unspecified atom stereocenters. The zero-order chi connectivity index (χ0) is 55.4. The number of hydrogen-bond acceptors (Lipinski definition) is 4. The van der Waals surface area contributed by atoms with Crippen molar-refractivity contribution in [2.24, 2.45) is 0 Å². The molecular weight excluding hydrogens is 979 g/mol. The van der Waals surface area contributed by atoms with Crippen molar-refractivity contribution in [2.75, 3.05) is 4.81 Å². The standard InChI is InChI=1S/C56H43BN6O.Pt/c1-56(2,3)42-32-33-58-54(34-42)62-52-36-45(30-31-48(52)53-37-49(59-63(53)57(62)4)41-22-12-7-13-23-41)64-44-25-16-24-43(35-44)60-38-61(51-29-15-14-28-50(51)60)55-46(39-18-8-5-9-19-39)26-17-27-47(55)40-20-10-6-11-21-40;/h5-34,37H,1-4H3;/q-2;/i4D3,5D,6D,8D,9D,10D,11D,18D,19D,20D,21D;. The summed E-state index contributed by atoms with van der Waals surface area (Å²) in [6.45, 7) is 2.24. The van der Waals surface area contributed by atoms with E-state index in [1.165, 1.54) is 0 Å². The third-order valence-electron chi connectivity index (χ3n) is 11.3. The molecule has 0 bridgehead atoms. The molecular formula is C56H43BN6OPt-2. The normalized spacial score (nSPS) is 15.4. The van der Waals surface area contributed by atoms with Crippen molar-refractivity contribution in [1.82, 2.24) is 23.8 Å². The van der Waals surface area contributed by atoms with Gasteiger partial charge in [0.25, 0.3) is 0 Å². The minimum atomic E-state index is -2.63. The number of ether oxygens (including phenoxy) is 1. The monoisotopic (exact) mass is 1030 g/mol. The number of imidazole rings is 1. The Kier molecular flexibility index (Phi) is 7.18. The van der Waals surface area contributed by atoms with Crippen LogP contribution in [0.2, 0.25) is 6.75 Å². The number of fused-ring (bicyclic) bond motifs is 4. The Hall–Kier alpha value is -7.28. The number of aromatic nitrogens is 5. The first-order chi connectivity index (χ1) is 37.1. The average molecular weight is 1030 g/mol. The summed E-state index contributed by atoms with van der Waals surface area (Å²) in [7, 11) is 0. The molecule has 1 aliphatic rings. The van der Waals surface area contributed by atoms with Gasteiger partial charge in [-0.05, 0) is 17.0 Å². The van der Waals surface area contributed by atoms with Crippen LogP contribution in [0.5, 0.6) is 11.5 Å². The predicted octanol–water partition coefficient (Wildman–Crippen LogP) is 13.6. The fraction of sp³-hybridized carbons (Fsp3) is 0.0893. The van der Waals surface area contributed by atoms with Gasteiger partial charge in [0, 0.05) is 15.9 Å². The third kappa shape index (κ3) is 7.28. The first-order valence-corrected chi connectivity index (χ1v) is 21.8. The zero-order valence-corrected chi connectivity index (χ0v) is 37.4. The van der Waals surface area contributed by atoms with Crippen molar-refractivity contribution < 1.29 is 41.9 Å². The van der Waals surface area contributed by atoms with E-state index in [2.05, 4.69) is 52.3 Å². The minimum absolute atomic E-state index is 0.140. The molecule has 4 heterocycles. The molecule has 0 spiro atoms. The van der Waals surface area contributed by atoms with E-state index in [9.17, 15) is 0 Å². The summed E-state index contributed by atoms with van der Waals surface area (Å²) in [5.74, 6) is 0.861. The molecule has 0 atom stereocenters. The Bertz CT molecular complexity index is 4030. The molecule has 0 aliphatic carbocycles. The van der Waals surface area contributed by atoms with Gasteiger partial charge in [-0.3, -0.25) is 0 Å². The van der Waals surface area contributed by atoms with Gasteiger partial charge in [0.15, 0.2) is 0 Å². The summed E-state index contributed by atoms with van der Waals surface area (Å²) < 4.78 is 127. The van der Waals surface area contributed by atoms with Crippen LogP contribution in [0.3, 0.4) is 0 Å². The van der Waals surface area contributed by atoms with Crippen LogP contribution in [0.15, 0.2) is 188 Å². The first kappa shape index (κ1) is 28.5. The molecule has 7 nitrogen and oxygen atoms in total. The van der Waals surface area contributed by atoms with Crippen LogP contribution in [-0.4, -0.2) is 30.8 Å². The number of rotatable bonds is 8. The zero-order valence-electron chi connectivity index (χ0n) is 48.1. The molecule has 3 aromatic heterocycles. The second-order valence-corrected chi connectivity index (χ2v) is 17.3. The van der Waals surface area contributed by atoms with Gasteiger partial charge in [0.1, 0.15) is 0 Å². The molecule has 0 saturated carbocycles. The van der Waals surface area contributed by atoms with Gasteiger partial charge in [-0.1, -0.05) is 51.1 Å². The van der Waals surface area contributed by atoms with E-state index in [4.69, 9.17) is 32.6 Å². The van der Waals surface area contributed by atoms with Crippen LogP contribution in [-0.2, 0) is 24.8 Å². The first-order valence-electron chi connectivity index (χ1n) is 27.2. The van der Waals surface area contributed by atoms with E-state index >= 15 is 0 Å². The average Bonchev–Trinajstić information content (AvgIpc) is 4.13. The van der Waals surface area contributed by atoms with E-state index in [1.807, 2.05) is 83.4 Å². The van der Waals surface area contributed by atoms with Crippen LogP contribution in [0.4, 0.5) is 11.5 Å².